The number of aromatic nitrogens is 1. The Morgan fingerprint density at radius 1 is 1.00 bits per heavy atom. The summed E-state index contributed by atoms with van der Waals surface area (Å²) in [6.07, 6.45) is -8.08. The lowest BCUT2D eigenvalue weighted by Crippen LogP contribution is -2.43. The fourth-order valence-electron chi connectivity index (χ4n) is 2.88. The van der Waals surface area contributed by atoms with Crippen LogP contribution in [0.4, 0.5) is 18.9 Å². The average molecular weight is 422 g/mol. The van der Waals surface area contributed by atoms with Crippen LogP contribution in [0.25, 0.3) is 22.2 Å². The average Bonchev–Trinajstić information content (AvgIpc) is 2.75. The molecule has 0 saturated heterocycles. The number of anilines is 1. The van der Waals surface area contributed by atoms with Crippen LogP contribution >= 0.6 is 0 Å². The predicted octanol–water partition coefficient (Wildman–Crippen LogP) is 2.95. The molecule has 0 bridgehead atoms. The van der Waals surface area contributed by atoms with Gasteiger partial charge in [-0.05, 0) is 30.3 Å². The van der Waals surface area contributed by atoms with Crippen LogP contribution in [0.5, 0.6) is 5.75 Å². The molecule has 1 heterocycles. The number of ether oxygens (including phenoxy) is 1. The Morgan fingerprint density at radius 2 is 1.63 bits per heavy atom. The number of alkyl halides is 3. The summed E-state index contributed by atoms with van der Waals surface area (Å²) in [4.78, 5) is 5.30. The number of nitrogens with zero attached hydrogens (tertiary/aromatic N) is 2. The van der Waals surface area contributed by atoms with E-state index in [1.165, 1.54) is 12.1 Å². The fourth-order valence-corrected chi connectivity index (χ4v) is 2.88. The third kappa shape index (κ3) is 4.81. The summed E-state index contributed by atoms with van der Waals surface area (Å²) >= 11 is 0. The van der Waals surface area contributed by atoms with Crippen molar-refractivity contribution in [3.05, 3.63) is 54.6 Å². The van der Waals surface area contributed by atoms with Gasteiger partial charge < -0.3 is 25.0 Å². The van der Waals surface area contributed by atoms with Crippen molar-refractivity contribution in [2.75, 3.05) is 25.2 Å². The van der Waals surface area contributed by atoms with Crippen LogP contribution in [0.1, 0.15) is 0 Å². The zero-order chi connectivity index (χ0) is 21.9. The molecular formula is C21H21F3N2O4. The van der Waals surface area contributed by atoms with Crippen molar-refractivity contribution in [1.82, 2.24) is 4.98 Å². The second-order valence-electron chi connectivity index (χ2n) is 6.73. The van der Waals surface area contributed by atoms with Crippen molar-refractivity contribution >= 4 is 16.6 Å². The number of benzene rings is 2. The summed E-state index contributed by atoms with van der Waals surface area (Å²) in [6, 6.07) is 15.0. The molecule has 0 amide bonds. The van der Waals surface area contributed by atoms with Gasteiger partial charge in [-0.2, -0.15) is 13.2 Å². The van der Waals surface area contributed by atoms with Gasteiger partial charge in [0.1, 0.15) is 11.9 Å². The number of hydrogen-bond acceptors (Lipinski definition) is 6. The molecule has 3 rings (SSSR count). The van der Waals surface area contributed by atoms with Gasteiger partial charge in [0.2, 0.25) is 6.23 Å². The lowest BCUT2D eigenvalue weighted by molar-refractivity contribution is -0.202. The number of aliphatic hydroxyl groups is 3. The van der Waals surface area contributed by atoms with Crippen LogP contribution in [0.3, 0.4) is 0 Å². The molecule has 3 N–H and O–H groups in total. The molecule has 9 heteroatoms. The molecule has 30 heavy (non-hydrogen) atoms. The molecule has 1 atom stereocenters. The van der Waals surface area contributed by atoms with E-state index in [-0.39, 0.29) is 18.9 Å². The van der Waals surface area contributed by atoms with Gasteiger partial charge in [-0.15, -0.1) is 0 Å². The van der Waals surface area contributed by atoms with Crippen LogP contribution in [0, 0.1) is 0 Å². The SMILES string of the molecule is CN(c1ccc(-c2ccc3ccc(OC(CO)CO)cc3n2)cc1)C(O)C(F)(F)F. The van der Waals surface area contributed by atoms with Crippen LogP contribution in [-0.2, 0) is 0 Å². The number of aliphatic hydroxyl groups excluding tert-OH is 3. The maximum atomic E-state index is 12.7. The Balaban J connectivity index is 1.85. The molecule has 2 aromatic carbocycles. The minimum absolute atomic E-state index is 0.207. The zero-order valence-corrected chi connectivity index (χ0v) is 16.0. The number of fused-ring (bicyclic) bond motifs is 1. The monoisotopic (exact) mass is 422 g/mol. The smallest absolute Gasteiger partial charge is 0.433 e. The molecule has 3 aromatic rings. The highest BCUT2D eigenvalue weighted by Gasteiger charge is 2.41. The van der Waals surface area contributed by atoms with E-state index in [1.807, 2.05) is 6.07 Å². The van der Waals surface area contributed by atoms with Crippen LogP contribution < -0.4 is 9.64 Å². The minimum atomic E-state index is -4.75. The first-order chi connectivity index (χ1) is 14.2. The first-order valence-corrected chi connectivity index (χ1v) is 9.10. The van der Waals surface area contributed by atoms with E-state index >= 15 is 0 Å². The number of pyridine rings is 1. The Labute approximate surface area is 170 Å². The van der Waals surface area contributed by atoms with E-state index in [0.29, 0.717) is 22.5 Å². The van der Waals surface area contributed by atoms with Crippen molar-refractivity contribution in [2.24, 2.45) is 0 Å². The zero-order valence-electron chi connectivity index (χ0n) is 16.0. The Morgan fingerprint density at radius 3 is 2.23 bits per heavy atom. The summed E-state index contributed by atoms with van der Waals surface area (Å²) in [7, 11) is 1.16. The lowest BCUT2D eigenvalue weighted by atomic mass is 10.1. The van der Waals surface area contributed by atoms with Crippen LogP contribution in [-0.4, -0.2) is 59.1 Å². The molecule has 0 aliphatic heterocycles. The van der Waals surface area contributed by atoms with Crippen molar-refractivity contribution in [2.45, 2.75) is 18.5 Å². The molecule has 0 aliphatic rings. The predicted molar refractivity (Wildman–Crippen MR) is 106 cm³/mol. The maximum absolute atomic E-state index is 12.7. The van der Waals surface area contributed by atoms with Gasteiger partial charge in [0.15, 0.2) is 0 Å². The topological polar surface area (TPSA) is 86.1 Å². The molecule has 1 unspecified atom stereocenters. The lowest BCUT2D eigenvalue weighted by Gasteiger charge is -2.27. The van der Waals surface area contributed by atoms with Crippen molar-refractivity contribution in [3.63, 3.8) is 0 Å². The molecule has 0 fully saturated rings. The molecule has 160 valence electrons. The highest BCUT2D eigenvalue weighted by Crippen LogP contribution is 2.29. The van der Waals surface area contributed by atoms with Crippen molar-refractivity contribution in [1.29, 1.82) is 0 Å². The number of rotatable bonds is 7. The van der Waals surface area contributed by atoms with Crippen LogP contribution in [0.2, 0.25) is 0 Å². The van der Waals surface area contributed by atoms with Gasteiger partial charge in [0.25, 0.3) is 0 Å². The van der Waals surface area contributed by atoms with E-state index < -0.39 is 18.5 Å². The first kappa shape index (κ1) is 21.8. The van der Waals surface area contributed by atoms with Gasteiger partial charge in [-0.1, -0.05) is 18.2 Å². The van der Waals surface area contributed by atoms with E-state index in [4.69, 9.17) is 14.9 Å². The van der Waals surface area contributed by atoms with Gasteiger partial charge in [-0.3, -0.25) is 0 Å². The third-order valence-electron chi connectivity index (χ3n) is 4.60. The van der Waals surface area contributed by atoms with Crippen molar-refractivity contribution < 1.29 is 33.2 Å². The second kappa shape index (κ2) is 8.86. The van der Waals surface area contributed by atoms with E-state index in [0.717, 1.165) is 17.3 Å². The second-order valence-corrected chi connectivity index (χ2v) is 6.73. The Kier molecular flexibility index (Phi) is 6.45. The summed E-state index contributed by atoms with van der Waals surface area (Å²) in [5, 5.41) is 28.5. The maximum Gasteiger partial charge on any atom is 0.433 e. The van der Waals surface area contributed by atoms with E-state index in [2.05, 4.69) is 4.98 Å². The van der Waals surface area contributed by atoms with Gasteiger partial charge in [-0.25, -0.2) is 4.98 Å². The normalized spacial score (nSPS) is 12.9. The molecule has 1 aromatic heterocycles. The molecule has 0 radical (unpaired) electrons. The summed E-state index contributed by atoms with van der Waals surface area (Å²) in [5.74, 6) is 0.443. The van der Waals surface area contributed by atoms with Gasteiger partial charge in [0, 0.05) is 29.8 Å². The standard InChI is InChI=1S/C21H21F3N2O4/c1-26(20(29)21(22,23)24)15-6-2-13(3-7-15)18-9-5-14-4-8-16(10-19(14)25-18)30-17(11-27)12-28/h2-10,17,20,27-29H,11-12H2,1H3. The third-order valence-corrected chi connectivity index (χ3v) is 4.60. The highest BCUT2D eigenvalue weighted by molar-refractivity contribution is 5.83. The molecule has 0 saturated carbocycles. The summed E-state index contributed by atoms with van der Waals surface area (Å²) in [6.45, 7) is -0.655. The first-order valence-electron chi connectivity index (χ1n) is 9.10. The fraction of sp³-hybridized carbons (Fsp3) is 0.286. The highest BCUT2D eigenvalue weighted by atomic mass is 19.4. The van der Waals surface area contributed by atoms with Crippen molar-refractivity contribution in [3.8, 4) is 17.0 Å². The Bertz CT molecular complexity index is 992. The van der Waals surface area contributed by atoms with E-state index in [1.54, 1.807) is 36.4 Å². The molecule has 6 nitrogen and oxygen atoms in total. The molecular weight excluding hydrogens is 401 g/mol. The quantitative estimate of drug-likeness (QED) is 0.508. The number of hydrogen-bond donors (Lipinski definition) is 3. The molecule has 0 aliphatic carbocycles. The summed E-state index contributed by atoms with van der Waals surface area (Å²) < 4.78 is 43.6. The number of halogens is 3. The van der Waals surface area contributed by atoms with Gasteiger partial charge in [0.05, 0.1) is 24.4 Å². The van der Waals surface area contributed by atoms with E-state index in [9.17, 15) is 18.3 Å². The molecule has 0 spiro atoms. The van der Waals surface area contributed by atoms with Crippen LogP contribution in [0.15, 0.2) is 54.6 Å². The largest absolute Gasteiger partial charge is 0.486 e. The Hall–Kier alpha value is -2.88. The summed E-state index contributed by atoms with van der Waals surface area (Å²) in [5.41, 5.74) is 2.11. The minimum Gasteiger partial charge on any atom is -0.486 e. The van der Waals surface area contributed by atoms with Gasteiger partial charge >= 0.3 is 6.18 Å².